The standard InChI is InChI=1S/C13H12ClN3O2S/c14-10-5-6-20-11(10)13(18)16-7-8-1-3-9(4-2-8)12(15)17-19/h1-6,19H,7H2,(H2,15,17)(H,16,18). The molecule has 0 aliphatic heterocycles. The van der Waals surface area contributed by atoms with E-state index in [1.165, 1.54) is 11.3 Å². The molecule has 0 bridgehead atoms. The first-order valence-corrected chi connectivity index (χ1v) is 6.95. The number of hydrogen-bond donors (Lipinski definition) is 3. The Bertz CT molecular complexity index is 637. The molecule has 2 aromatic rings. The van der Waals surface area contributed by atoms with Crippen molar-refractivity contribution in [3.05, 3.63) is 56.7 Å². The highest BCUT2D eigenvalue weighted by molar-refractivity contribution is 7.12. The van der Waals surface area contributed by atoms with Crippen LogP contribution in [0.3, 0.4) is 0 Å². The van der Waals surface area contributed by atoms with E-state index in [0.717, 1.165) is 5.56 Å². The largest absolute Gasteiger partial charge is 0.409 e. The highest BCUT2D eigenvalue weighted by Gasteiger charge is 2.11. The van der Waals surface area contributed by atoms with Crippen LogP contribution in [0.4, 0.5) is 0 Å². The van der Waals surface area contributed by atoms with Gasteiger partial charge >= 0.3 is 0 Å². The Hall–Kier alpha value is -2.05. The van der Waals surface area contributed by atoms with Crippen molar-refractivity contribution in [3.8, 4) is 0 Å². The highest BCUT2D eigenvalue weighted by Crippen LogP contribution is 2.21. The second kappa shape index (κ2) is 6.40. The third-order valence-corrected chi connectivity index (χ3v) is 3.97. The van der Waals surface area contributed by atoms with Crippen LogP contribution in [0.15, 0.2) is 40.9 Å². The number of amides is 1. The van der Waals surface area contributed by atoms with Gasteiger partial charge in [-0.3, -0.25) is 4.79 Å². The number of hydrogen-bond acceptors (Lipinski definition) is 4. The van der Waals surface area contributed by atoms with Gasteiger partial charge in [0.2, 0.25) is 0 Å². The summed E-state index contributed by atoms with van der Waals surface area (Å²) in [5, 5.41) is 16.5. The van der Waals surface area contributed by atoms with Crippen LogP contribution in [-0.4, -0.2) is 17.0 Å². The van der Waals surface area contributed by atoms with Crippen molar-refractivity contribution < 1.29 is 10.0 Å². The van der Waals surface area contributed by atoms with Gasteiger partial charge < -0.3 is 16.3 Å². The Balaban J connectivity index is 1.98. The molecule has 0 saturated carbocycles. The number of halogens is 1. The minimum Gasteiger partial charge on any atom is -0.409 e. The van der Waals surface area contributed by atoms with Crippen molar-refractivity contribution in [2.75, 3.05) is 0 Å². The zero-order valence-electron chi connectivity index (χ0n) is 10.3. The number of carbonyl (C=O) groups is 1. The molecule has 1 aromatic carbocycles. The summed E-state index contributed by atoms with van der Waals surface area (Å²) in [5.74, 6) is -0.156. The lowest BCUT2D eigenvalue weighted by atomic mass is 10.1. The molecule has 0 atom stereocenters. The average Bonchev–Trinajstić information content (AvgIpc) is 2.90. The first kappa shape index (κ1) is 14.4. The molecule has 1 aromatic heterocycles. The molecule has 1 heterocycles. The second-order valence-corrected chi connectivity index (χ2v) is 5.29. The van der Waals surface area contributed by atoms with Gasteiger partial charge in [0.15, 0.2) is 5.84 Å². The van der Waals surface area contributed by atoms with Gasteiger partial charge in [0, 0.05) is 12.1 Å². The predicted octanol–water partition coefficient (Wildman–Crippen LogP) is 2.43. The fourth-order valence-corrected chi connectivity index (χ4v) is 2.63. The van der Waals surface area contributed by atoms with Crippen LogP contribution in [0.25, 0.3) is 0 Å². The molecule has 4 N–H and O–H groups in total. The number of amidine groups is 1. The molecule has 0 unspecified atom stereocenters. The van der Waals surface area contributed by atoms with E-state index >= 15 is 0 Å². The molecule has 20 heavy (non-hydrogen) atoms. The van der Waals surface area contributed by atoms with Gasteiger partial charge in [0.05, 0.1) is 5.02 Å². The molecular formula is C13H12ClN3O2S. The maximum absolute atomic E-state index is 11.9. The van der Waals surface area contributed by atoms with E-state index in [9.17, 15) is 4.79 Å². The fourth-order valence-electron chi connectivity index (χ4n) is 1.57. The van der Waals surface area contributed by atoms with Crippen molar-refractivity contribution >= 4 is 34.7 Å². The van der Waals surface area contributed by atoms with Gasteiger partial charge in [-0.1, -0.05) is 41.0 Å². The third-order valence-electron chi connectivity index (χ3n) is 2.63. The molecule has 2 rings (SSSR count). The summed E-state index contributed by atoms with van der Waals surface area (Å²) in [4.78, 5) is 12.4. The number of nitrogens with zero attached hydrogens (tertiary/aromatic N) is 1. The van der Waals surface area contributed by atoms with E-state index in [0.29, 0.717) is 22.0 Å². The number of benzene rings is 1. The average molecular weight is 310 g/mol. The van der Waals surface area contributed by atoms with E-state index in [2.05, 4.69) is 10.5 Å². The number of oxime groups is 1. The molecule has 0 saturated heterocycles. The molecule has 7 heteroatoms. The van der Waals surface area contributed by atoms with Crippen molar-refractivity contribution in [1.29, 1.82) is 0 Å². The van der Waals surface area contributed by atoms with Crippen LogP contribution in [0.1, 0.15) is 20.8 Å². The molecule has 0 spiro atoms. The van der Waals surface area contributed by atoms with Gasteiger partial charge in [-0.15, -0.1) is 11.3 Å². The summed E-state index contributed by atoms with van der Waals surface area (Å²) < 4.78 is 0. The maximum Gasteiger partial charge on any atom is 0.263 e. The Labute approximate surface area is 124 Å². The maximum atomic E-state index is 11.9. The van der Waals surface area contributed by atoms with E-state index in [1.807, 2.05) is 0 Å². The summed E-state index contributed by atoms with van der Waals surface area (Å²) in [6.07, 6.45) is 0. The first-order chi connectivity index (χ1) is 9.61. The number of carbonyl (C=O) groups excluding carboxylic acids is 1. The van der Waals surface area contributed by atoms with Gasteiger partial charge in [-0.25, -0.2) is 0 Å². The van der Waals surface area contributed by atoms with Gasteiger partial charge in [-0.05, 0) is 17.0 Å². The SMILES string of the molecule is N/C(=N/O)c1ccc(CNC(=O)c2sccc2Cl)cc1. The predicted molar refractivity (Wildman–Crippen MR) is 79.5 cm³/mol. The first-order valence-electron chi connectivity index (χ1n) is 5.70. The van der Waals surface area contributed by atoms with Gasteiger partial charge in [-0.2, -0.15) is 0 Å². The smallest absolute Gasteiger partial charge is 0.263 e. The molecule has 5 nitrogen and oxygen atoms in total. The zero-order chi connectivity index (χ0) is 14.5. The summed E-state index contributed by atoms with van der Waals surface area (Å²) in [5.41, 5.74) is 6.98. The Morgan fingerprint density at radius 1 is 1.35 bits per heavy atom. The summed E-state index contributed by atoms with van der Waals surface area (Å²) in [6, 6.07) is 8.71. The molecule has 104 valence electrons. The van der Waals surface area contributed by atoms with Crippen LogP contribution >= 0.6 is 22.9 Å². The highest BCUT2D eigenvalue weighted by atomic mass is 35.5. The fraction of sp³-hybridized carbons (Fsp3) is 0.0769. The summed E-state index contributed by atoms with van der Waals surface area (Å²) in [6.45, 7) is 0.378. The van der Waals surface area contributed by atoms with Gasteiger partial charge in [0.25, 0.3) is 5.91 Å². The van der Waals surface area contributed by atoms with E-state index in [-0.39, 0.29) is 11.7 Å². The van der Waals surface area contributed by atoms with Crippen LogP contribution in [-0.2, 0) is 6.54 Å². The second-order valence-electron chi connectivity index (χ2n) is 3.96. The number of nitrogens with one attached hydrogen (secondary N) is 1. The Morgan fingerprint density at radius 3 is 2.60 bits per heavy atom. The third kappa shape index (κ3) is 3.28. The lowest BCUT2D eigenvalue weighted by molar-refractivity contribution is 0.0955. The lowest BCUT2D eigenvalue weighted by Crippen LogP contribution is -2.22. The quantitative estimate of drug-likeness (QED) is 0.351. The van der Waals surface area contributed by atoms with E-state index < -0.39 is 0 Å². The molecule has 0 radical (unpaired) electrons. The summed E-state index contributed by atoms with van der Waals surface area (Å²) >= 11 is 7.18. The Kier molecular flexibility index (Phi) is 4.60. The Morgan fingerprint density at radius 2 is 2.05 bits per heavy atom. The van der Waals surface area contributed by atoms with Crippen molar-refractivity contribution in [1.82, 2.24) is 5.32 Å². The molecule has 0 fully saturated rings. The van der Waals surface area contributed by atoms with Crippen LogP contribution in [0.2, 0.25) is 5.02 Å². The zero-order valence-corrected chi connectivity index (χ0v) is 11.9. The molecule has 0 aliphatic rings. The molecule has 0 aliphatic carbocycles. The molecule has 1 amide bonds. The topological polar surface area (TPSA) is 87.7 Å². The van der Waals surface area contributed by atoms with Crippen LogP contribution < -0.4 is 11.1 Å². The minimum absolute atomic E-state index is 0.0472. The van der Waals surface area contributed by atoms with Crippen molar-refractivity contribution in [3.63, 3.8) is 0 Å². The number of rotatable bonds is 4. The number of thiophene rings is 1. The molecular weight excluding hydrogens is 298 g/mol. The summed E-state index contributed by atoms with van der Waals surface area (Å²) in [7, 11) is 0. The monoisotopic (exact) mass is 309 g/mol. The van der Waals surface area contributed by atoms with Crippen LogP contribution in [0.5, 0.6) is 0 Å². The van der Waals surface area contributed by atoms with E-state index in [1.54, 1.807) is 35.7 Å². The van der Waals surface area contributed by atoms with Gasteiger partial charge in [0.1, 0.15) is 4.88 Å². The minimum atomic E-state index is -0.203. The van der Waals surface area contributed by atoms with Crippen LogP contribution in [0, 0.1) is 0 Å². The van der Waals surface area contributed by atoms with E-state index in [4.69, 9.17) is 22.5 Å². The lowest BCUT2D eigenvalue weighted by Gasteiger charge is -2.05. The van der Waals surface area contributed by atoms with Crippen molar-refractivity contribution in [2.45, 2.75) is 6.54 Å². The normalized spacial score (nSPS) is 11.3. The van der Waals surface area contributed by atoms with Crippen molar-refractivity contribution in [2.24, 2.45) is 10.9 Å². The number of nitrogens with two attached hydrogens (primary N) is 1.